The molecule has 1 aliphatic carbocycles. The zero-order valence-corrected chi connectivity index (χ0v) is 50.9. The molecule has 2 aromatic heterocycles. The van der Waals surface area contributed by atoms with Crippen LogP contribution >= 0.6 is 0 Å². The smallest absolute Gasteiger partial charge is 0.280 e. The molecule has 97 heavy (non-hydrogen) atoms. The van der Waals surface area contributed by atoms with Gasteiger partial charge in [-0.3, -0.25) is 9.78 Å². The van der Waals surface area contributed by atoms with Gasteiger partial charge in [0.15, 0.2) is 55.2 Å². The molecule has 0 amide bonds. The molecular formula is C54H85N5O38. The molecule has 1 saturated carbocycles. The summed E-state index contributed by atoms with van der Waals surface area (Å²) in [6, 6.07) is -0.263. The summed E-state index contributed by atoms with van der Waals surface area (Å²) in [6.07, 6.45) is -69.0. The minimum atomic E-state index is -2.21. The number of anilines is 1. The maximum absolute atomic E-state index is 11.7. The van der Waals surface area contributed by atoms with Gasteiger partial charge in [-0.05, 0) is 12.0 Å². The van der Waals surface area contributed by atoms with Crippen LogP contribution in [-0.2, 0) is 66.3 Å². The van der Waals surface area contributed by atoms with Crippen molar-refractivity contribution < 1.29 is 184 Å². The number of imidazole rings is 1. The molecule has 554 valence electrons. The lowest BCUT2D eigenvalue weighted by Crippen LogP contribution is -2.68. The van der Waals surface area contributed by atoms with Gasteiger partial charge in [0.05, 0.1) is 71.3 Å². The van der Waals surface area contributed by atoms with E-state index in [2.05, 4.69) is 21.5 Å². The number of hydrogen-bond acceptors (Lipinski definition) is 41. The van der Waals surface area contributed by atoms with E-state index in [-0.39, 0.29) is 30.0 Å². The van der Waals surface area contributed by atoms with Crippen LogP contribution in [-0.4, -0.2) is 411 Å². The summed E-state index contributed by atoms with van der Waals surface area (Å²) in [5.74, 6) is -0.371. The van der Waals surface area contributed by atoms with Gasteiger partial charge in [0.1, 0.15) is 171 Å². The van der Waals surface area contributed by atoms with Crippen molar-refractivity contribution in [1.29, 1.82) is 0 Å². The summed E-state index contributed by atoms with van der Waals surface area (Å²) >= 11 is 0. The molecular weight excluding hydrogens is 1330 g/mol. The van der Waals surface area contributed by atoms with E-state index in [1.54, 1.807) is 4.57 Å². The molecule has 43 nitrogen and oxygen atoms in total. The Balaban J connectivity index is 0.000000432. The number of ether oxygens (including phenoxy) is 14. The quantitative estimate of drug-likeness (QED) is 0.104. The second kappa shape index (κ2) is 32.0. The Morgan fingerprint density at radius 1 is 0.392 bits per heavy atom. The maximum atomic E-state index is 11.7. The molecule has 24 rings (SSSR count). The Hall–Kier alpha value is -3.59. The number of aliphatic hydroxyl groups excluding tert-OH is 23. The Morgan fingerprint density at radius 3 is 0.835 bits per heavy atom. The van der Waals surface area contributed by atoms with Crippen LogP contribution in [0.1, 0.15) is 12.5 Å². The van der Waals surface area contributed by atoms with Crippen LogP contribution < -0.4 is 11.3 Å². The molecule has 38 atom stereocenters. The topological polar surface area (TPSA) is 684 Å². The Bertz CT molecular complexity index is 2560. The van der Waals surface area contributed by atoms with Crippen molar-refractivity contribution in [3.63, 3.8) is 0 Å². The fraction of sp³-hybridized carbons (Fsp3) is 0.870. The van der Waals surface area contributed by atoms with Crippen LogP contribution in [0.15, 0.2) is 23.3 Å². The van der Waals surface area contributed by atoms with Crippen LogP contribution in [0.4, 0.5) is 5.95 Å². The van der Waals surface area contributed by atoms with Crippen LogP contribution in [0, 0.1) is 5.92 Å². The fourth-order valence-electron chi connectivity index (χ4n) is 13.2. The van der Waals surface area contributed by atoms with E-state index in [0.717, 1.165) is 0 Å². The minimum Gasteiger partial charge on any atom is -0.396 e. The third-order valence-corrected chi connectivity index (χ3v) is 18.6. The molecule has 26 N–H and O–H groups in total. The van der Waals surface area contributed by atoms with Gasteiger partial charge in [-0.1, -0.05) is 6.58 Å². The number of aromatic nitrogens is 4. The molecule has 21 saturated heterocycles. The third-order valence-electron chi connectivity index (χ3n) is 18.6. The predicted molar refractivity (Wildman–Crippen MR) is 300 cm³/mol. The SMILES string of the molecule is C=C1[C@H](CO)[C@@H](O)C[C@@H]1n1cnc2c(=O)[nH]c(N)nc21.OC[C@H]1O[C@@H]2O[C@H]3[C@H](O)[C@@H](O)[C@@H](O[C@H]4[C@H](O)[C@@H](O)[C@@H](O[C@H]5[C@H](O)[C@@H](O)[C@@H](O[C@H]6[C@H](O)[C@@H](O)[C@@H](O[C@H]7[C@H](O)[C@@H](O)[C@@H](O[C@H]8[C@H](O)[C@@H](O)[C@@H](O[C@H]1[C@H](O)[C@H]2O)O[C@@H]8CO)O[C@@H]7CO)O[C@@H]6CO)O[C@@H]5CO)O[C@@H]4CO)O[C@@H]3CO. The molecule has 22 fully saturated rings. The van der Waals surface area contributed by atoms with E-state index >= 15 is 0 Å². The van der Waals surface area contributed by atoms with Crippen molar-refractivity contribution in [2.75, 3.05) is 58.6 Å². The van der Waals surface area contributed by atoms with Gasteiger partial charge >= 0.3 is 0 Å². The van der Waals surface area contributed by atoms with Gasteiger partial charge in [-0.2, -0.15) is 4.98 Å². The number of hydrogen-bond donors (Lipinski definition) is 25. The molecule has 21 aliphatic heterocycles. The number of nitrogens with one attached hydrogen (secondary N) is 1. The van der Waals surface area contributed by atoms with Gasteiger partial charge < -0.3 is 194 Å². The standard InChI is InChI=1S/C42H70O35.C12H15N5O3/c43-1-8-29-15(50)22(57)36(64-8)72-30-9(2-44)66-38(24(59)17(30)52)74-32-11(4-46)68-40(26(61)19(32)54)76-34-13(6-48)70-42(28(63)21(34)56)77-35-14(7-49)69-41(27(62)20(35)55)75-33-12(5-47)67-39(25(60)18(33)53)73-31-10(3-45)65-37(71-29)23(58)16(31)51;1-5-6(3-18)8(19)2-7(5)17-4-14-9-10(17)15-12(13)16-11(9)20/h8-63H,1-7H2;4,6-8,18-19H,1-3H2,(H3,13,15,16,20)/t8-,9-,10-,11-,12-,13-,14-,15-,16-,17-,18-,19-,20-,21-,22-,23-,24-,25-,26-,27-,28-,29-,30-,31-,32-,33-,34-,35-,36-,37-,38-,39-,40-,41-,42-;6-,7-,8-/m10/s1. The average Bonchev–Trinajstić information content (AvgIpc) is 1.56. The predicted octanol–water partition coefficient (Wildman–Crippen LogP) is -16.1. The number of nitrogens with zero attached hydrogens (tertiary/aromatic N) is 3. The lowest BCUT2D eigenvalue weighted by molar-refractivity contribution is -0.396. The van der Waals surface area contributed by atoms with Crippen molar-refractivity contribution in [1.82, 2.24) is 19.5 Å². The largest absolute Gasteiger partial charge is 0.396 e. The van der Waals surface area contributed by atoms with Crippen molar-refractivity contribution in [2.24, 2.45) is 5.92 Å². The maximum Gasteiger partial charge on any atom is 0.280 e. The van der Waals surface area contributed by atoms with E-state index in [4.69, 9.17) is 72.0 Å². The van der Waals surface area contributed by atoms with Crippen LogP contribution in [0.3, 0.4) is 0 Å². The van der Waals surface area contributed by atoms with Gasteiger partial charge in [-0.25, -0.2) is 4.98 Å². The summed E-state index contributed by atoms with van der Waals surface area (Å²) < 4.78 is 81.1. The Morgan fingerprint density at radius 2 is 0.629 bits per heavy atom. The van der Waals surface area contributed by atoms with Gasteiger partial charge in [0.25, 0.3) is 5.56 Å². The van der Waals surface area contributed by atoms with Gasteiger partial charge in [0, 0.05) is 5.92 Å². The lowest BCUT2D eigenvalue weighted by atomic mass is 9.95. The molecule has 14 bridgehead atoms. The highest BCUT2D eigenvalue weighted by Crippen LogP contribution is 2.42. The molecule has 0 spiro atoms. The molecule has 0 aromatic carbocycles. The highest BCUT2D eigenvalue weighted by molar-refractivity contribution is 5.71. The van der Waals surface area contributed by atoms with E-state index in [9.17, 15) is 122 Å². The van der Waals surface area contributed by atoms with E-state index in [1.165, 1.54) is 6.33 Å². The Labute approximate surface area is 546 Å². The zero-order chi connectivity index (χ0) is 70.5. The molecule has 0 radical (unpaired) electrons. The van der Waals surface area contributed by atoms with Crippen molar-refractivity contribution in [3.05, 3.63) is 28.8 Å². The van der Waals surface area contributed by atoms with Gasteiger partial charge in [0.2, 0.25) is 5.95 Å². The van der Waals surface area contributed by atoms with Crippen LogP contribution in [0.5, 0.6) is 0 Å². The second-order valence-corrected chi connectivity index (χ2v) is 24.6. The summed E-state index contributed by atoms with van der Waals surface area (Å²) in [5, 5.41) is 250. The summed E-state index contributed by atoms with van der Waals surface area (Å²) in [4.78, 5) is 22.2. The Kier molecular flexibility index (Phi) is 25.1. The second-order valence-electron chi connectivity index (χ2n) is 24.6. The first-order valence-corrected chi connectivity index (χ1v) is 30.8. The first-order valence-electron chi connectivity index (χ1n) is 30.8. The third kappa shape index (κ3) is 14.9. The summed E-state index contributed by atoms with van der Waals surface area (Å²) in [5.41, 5.74) is 6.37. The number of nitrogens with two attached hydrogens (primary N) is 1. The molecule has 0 unspecified atom stereocenters. The lowest BCUT2D eigenvalue weighted by Gasteiger charge is -2.50. The molecule has 2 aromatic rings. The van der Waals surface area contributed by atoms with E-state index in [1.807, 2.05) is 0 Å². The molecule has 43 heteroatoms. The number of rotatable bonds is 9. The van der Waals surface area contributed by atoms with Crippen molar-refractivity contribution in [2.45, 2.75) is 234 Å². The van der Waals surface area contributed by atoms with Crippen molar-refractivity contribution in [3.8, 4) is 0 Å². The summed E-state index contributed by atoms with van der Waals surface area (Å²) in [7, 11) is 0. The van der Waals surface area contributed by atoms with Crippen molar-refractivity contribution >= 4 is 17.1 Å². The average molecular weight is 1410 g/mol. The first-order chi connectivity index (χ1) is 46.2. The monoisotopic (exact) mass is 1410 g/mol. The number of aromatic amines is 1. The highest BCUT2D eigenvalue weighted by Gasteiger charge is 2.60. The van der Waals surface area contributed by atoms with Crippen LogP contribution in [0.2, 0.25) is 0 Å². The fourth-order valence-corrected chi connectivity index (χ4v) is 13.2. The number of fused-ring (bicyclic) bond motifs is 1. The van der Waals surface area contributed by atoms with Crippen LogP contribution in [0.25, 0.3) is 11.2 Å². The van der Waals surface area contributed by atoms with Gasteiger partial charge in [-0.15, -0.1) is 0 Å². The normalized spacial score (nSPS) is 49.4. The zero-order valence-electron chi connectivity index (χ0n) is 50.9. The highest BCUT2D eigenvalue weighted by atomic mass is 16.8. The van der Waals surface area contributed by atoms with E-state index in [0.29, 0.717) is 17.6 Å². The minimum absolute atomic E-state index is 0.00659. The molecule has 23 heterocycles. The summed E-state index contributed by atoms with van der Waals surface area (Å²) in [6.45, 7) is -3.56. The first kappa shape index (κ1) is 76.1. The number of nitrogen functional groups attached to an aromatic ring is 1. The number of H-pyrrole nitrogens is 1. The molecule has 22 aliphatic rings. The number of aliphatic hydroxyl groups is 23. The van der Waals surface area contributed by atoms with E-state index < -0.39 is 273 Å².